The van der Waals surface area contributed by atoms with Crippen molar-refractivity contribution in [3.8, 4) is 0 Å². The molecular formula is C18H17F3N2O2. The first-order valence-electron chi connectivity index (χ1n) is 7.82. The fraction of sp³-hybridized carbons (Fsp3) is 0.278. The van der Waals surface area contributed by atoms with Crippen molar-refractivity contribution in [2.24, 2.45) is 5.73 Å². The zero-order valence-corrected chi connectivity index (χ0v) is 13.5. The maximum Gasteiger partial charge on any atom is 0.416 e. The van der Waals surface area contributed by atoms with E-state index in [0.29, 0.717) is 6.42 Å². The minimum atomic E-state index is -4.49. The number of ether oxygens (including phenoxy) is 1. The number of nitrogens with two attached hydrogens (primary N) is 1. The molecule has 2 aliphatic rings. The van der Waals surface area contributed by atoms with Gasteiger partial charge in [0, 0.05) is 12.7 Å². The molecule has 0 aromatic heterocycles. The van der Waals surface area contributed by atoms with E-state index in [4.69, 9.17) is 10.5 Å². The van der Waals surface area contributed by atoms with Crippen LogP contribution in [0.5, 0.6) is 0 Å². The largest absolute Gasteiger partial charge is 0.463 e. The maximum atomic E-state index is 12.9. The SMILES string of the molecule is CCN1C=CCC(C2OC(N)=C(c3cccc(C(F)(F)F)c3)C2=O)=C1. The molecule has 2 aliphatic heterocycles. The summed E-state index contributed by atoms with van der Waals surface area (Å²) in [6.07, 6.45) is 0.733. The van der Waals surface area contributed by atoms with E-state index in [1.54, 1.807) is 0 Å². The number of rotatable bonds is 3. The van der Waals surface area contributed by atoms with Crippen LogP contribution in [0.15, 0.2) is 54.2 Å². The fourth-order valence-electron chi connectivity index (χ4n) is 2.88. The summed E-state index contributed by atoms with van der Waals surface area (Å²) in [5.74, 6) is -0.567. The van der Waals surface area contributed by atoms with E-state index in [0.717, 1.165) is 24.3 Å². The minimum absolute atomic E-state index is 0.00500. The van der Waals surface area contributed by atoms with Crippen molar-refractivity contribution in [2.75, 3.05) is 6.54 Å². The third-order valence-electron chi connectivity index (χ3n) is 4.14. The van der Waals surface area contributed by atoms with Crippen molar-refractivity contribution in [3.63, 3.8) is 0 Å². The number of benzene rings is 1. The van der Waals surface area contributed by atoms with Gasteiger partial charge in [-0.1, -0.05) is 18.2 Å². The van der Waals surface area contributed by atoms with Gasteiger partial charge in [-0.05, 0) is 42.8 Å². The van der Waals surface area contributed by atoms with Crippen LogP contribution in [0.4, 0.5) is 13.2 Å². The van der Waals surface area contributed by atoms with Crippen LogP contribution in [0, 0.1) is 0 Å². The molecule has 0 amide bonds. The first-order valence-corrected chi connectivity index (χ1v) is 7.82. The lowest BCUT2D eigenvalue weighted by Gasteiger charge is -2.22. The van der Waals surface area contributed by atoms with Gasteiger partial charge in [0.05, 0.1) is 11.1 Å². The molecule has 0 saturated heterocycles. The lowest BCUT2D eigenvalue weighted by Crippen LogP contribution is -2.25. The molecule has 25 heavy (non-hydrogen) atoms. The predicted molar refractivity (Wildman–Crippen MR) is 86.7 cm³/mol. The van der Waals surface area contributed by atoms with Gasteiger partial charge < -0.3 is 15.4 Å². The van der Waals surface area contributed by atoms with E-state index in [9.17, 15) is 18.0 Å². The molecule has 0 fully saturated rings. The zero-order valence-electron chi connectivity index (χ0n) is 13.5. The summed E-state index contributed by atoms with van der Waals surface area (Å²) in [5, 5.41) is 0. The molecule has 1 aromatic carbocycles. The maximum absolute atomic E-state index is 12.9. The van der Waals surface area contributed by atoms with Crippen molar-refractivity contribution in [1.29, 1.82) is 0 Å². The van der Waals surface area contributed by atoms with Gasteiger partial charge in [0.25, 0.3) is 0 Å². The van der Waals surface area contributed by atoms with Crippen LogP contribution < -0.4 is 5.73 Å². The predicted octanol–water partition coefficient (Wildman–Crippen LogP) is 3.42. The molecule has 0 spiro atoms. The van der Waals surface area contributed by atoms with Gasteiger partial charge in [-0.3, -0.25) is 4.79 Å². The van der Waals surface area contributed by atoms with Crippen LogP contribution in [0.2, 0.25) is 0 Å². The highest BCUT2D eigenvalue weighted by Gasteiger charge is 2.38. The highest BCUT2D eigenvalue weighted by molar-refractivity contribution is 6.26. The molecule has 2 N–H and O–H groups in total. The Morgan fingerprint density at radius 2 is 2.12 bits per heavy atom. The van der Waals surface area contributed by atoms with Crippen molar-refractivity contribution in [3.05, 3.63) is 65.3 Å². The van der Waals surface area contributed by atoms with Crippen molar-refractivity contribution >= 4 is 11.4 Å². The molecule has 132 valence electrons. The quantitative estimate of drug-likeness (QED) is 0.908. The van der Waals surface area contributed by atoms with E-state index in [1.807, 2.05) is 30.3 Å². The van der Waals surface area contributed by atoms with Crippen molar-refractivity contribution < 1.29 is 22.7 Å². The third-order valence-corrected chi connectivity index (χ3v) is 4.14. The Morgan fingerprint density at radius 1 is 1.36 bits per heavy atom. The molecule has 0 aliphatic carbocycles. The second-order valence-corrected chi connectivity index (χ2v) is 5.80. The molecule has 1 atom stereocenters. The van der Waals surface area contributed by atoms with Crippen LogP contribution in [0.3, 0.4) is 0 Å². The highest BCUT2D eigenvalue weighted by atomic mass is 19.4. The summed E-state index contributed by atoms with van der Waals surface area (Å²) in [6, 6.07) is 4.54. The van der Waals surface area contributed by atoms with Crippen LogP contribution in [0.25, 0.3) is 5.57 Å². The third kappa shape index (κ3) is 3.26. The minimum Gasteiger partial charge on any atom is -0.463 e. The molecule has 0 saturated carbocycles. The van der Waals surface area contributed by atoms with Gasteiger partial charge in [0.1, 0.15) is 0 Å². The topological polar surface area (TPSA) is 55.6 Å². The number of Topliss-reactive ketones (excluding diaryl/α,β-unsaturated/α-hetero) is 1. The normalized spacial score (nSPS) is 20.8. The average molecular weight is 350 g/mol. The molecule has 1 unspecified atom stereocenters. The van der Waals surface area contributed by atoms with Gasteiger partial charge in [-0.25, -0.2) is 0 Å². The van der Waals surface area contributed by atoms with Gasteiger partial charge in [0.15, 0.2) is 12.0 Å². The number of allylic oxidation sites excluding steroid dienone is 1. The Hall–Kier alpha value is -2.70. The van der Waals surface area contributed by atoms with E-state index in [-0.39, 0.29) is 17.0 Å². The Bertz CT molecular complexity index is 794. The van der Waals surface area contributed by atoms with Crippen LogP contribution in [-0.4, -0.2) is 23.3 Å². The fourth-order valence-corrected chi connectivity index (χ4v) is 2.88. The number of hydrogen-bond donors (Lipinski definition) is 1. The second kappa shape index (κ2) is 6.31. The molecule has 0 bridgehead atoms. The summed E-state index contributed by atoms with van der Waals surface area (Å²) < 4.78 is 44.2. The first kappa shape index (κ1) is 17.1. The summed E-state index contributed by atoms with van der Waals surface area (Å²) in [6.45, 7) is 2.69. The average Bonchev–Trinajstić information content (AvgIpc) is 2.89. The molecule has 0 radical (unpaired) electrons. The van der Waals surface area contributed by atoms with Crippen LogP contribution >= 0.6 is 0 Å². The standard InChI is InChI=1S/C18H17F3N2O2/c1-2-23-8-4-6-12(10-23)16-15(24)14(17(22)25-16)11-5-3-7-13(9-11)18(19,20)21/h3-5,7-10,16H,2,6,22H2,1H3. The Labute approximate surface area is 143 Å². The summed E-state index contributed by atoms with van der Waals surface area (Å²) in [5.41, 5.74) is 5.81. The lowest BCUT2D eigenvalue weighted by molar-refractivity contribution is -0.137. The zero-order chi connectivity index (χ0) is 18.2. The highest BCUT2D eigenvalue weighted by Crippen LogP contribution is 2.36. The van der Waals surface area contributed by atoms with E-state index >= 15 is 0 Å². The van der Waals surface area contributed by atoms with Crippen LogP contribution in [-0.2, 0) is 15.7 Å². The molecule has 3 rings (SSSR count). The van der Waals surface area contributed by atoms with Crippen LogP contribution in [0.1, 0.15) is 24.5 Å². The van der Waals surface area contributed by atoms with Crippen molar-refractivity contribution in [1.82, 2.24) is 4.90 Å². The van der Waals surface area contributed by atoms with Gasteiger partial charge in [-0.15, -0.1) is 0 Å². The molecule has 4 nitrogen and oxygen atoms in total. The summed E-state index contributed by atoms with van der Waals surface area (Å²) in [4.78, 5) is 14.6. The Kier molecular flexibility index (Phi) is 4.32. The Balaban J connectivity index is 1.91. The molecular weight excluding hydrogens is 333 g/mol. The number of carbonyl (C=O) groups is 1. The monoisotopic (exact) mass is 350 g/mol. The Morgan fingerprint density at radius 3 is 2.80 bits per heavy atom. The number of halogens is 3. The van der Waals surface area contributed by atoms with Gasteiger partial charge >= 0.3 is 6.18 Å². The molecule has 7 heteroatoms. The second-order valence-electron chi connectivity index (χ2n) is 5.80. The number of nitrogens with zero attached hydrogens (tertiary/aromatic N) is 1. The van der Waals surface area contributed by atoms with E-state index in [1.165, 1.54) is 12.1 Å². The number of carbonyl (C=O) groups excluding carboxylic acids is 1. The number of alkyl halides is 3. The number of ketones is 1. The lowest BCUT2D eigenvalue weighted by atomic mass is 9.94. The summed E-state index contributed by atoms with van der Waals surface area (Å²) in [7, 11) is 0. The molecule has 2 heterocycles. The smallest absolute Gasteiger partial charge is 0.416 e. The van der Waals surface area contributed by atoms with Gasteiger partial charge in [-0.2, -0.15) is 13.2 Å². The number of hydrogen-bond acceptors (Lipinski definition) is 4. The van der Waals surface area contributed by atoms with E-state index < -0.39 is 23.6 Å². The van der Waals surface area contributed by atoms with Gasteiger partial charge in [0.2, 0.25) is 5.78 Å². The molecule has 1 aromatic rings. The first-order chi connectivity index (χ1) is 11.8. The summed E-state index contributed by atoms with van der Waals surface area (Å²) >= 11 is 0. The van der Waals surface area contributed by atoms with Crippen molar-refractivity contribution in [2.45, 2.75) is 25.6 Å². The van der Waals surface area contributed by atoms with E-state index in [2.05, 4.69) is 0 Å².